The Balaban J connectivity index is 1.54. The lowest BCUT2D eigenvalue weighted by atomic mass is 10.4. The molecule has 0 unspecified atom stereocenters. The molecule has 3 aromatic heterocycles. The topological polar surface area (TPSA) is 122 Å². The van der Waals surface area contributed by atoms with Crippen LogP contribution >= 0.6 is 0 Å². The average Bonchev–Trinajstić information content (AvgIpc) is 3.20. The first kappa shape index (κ1) is 17.7. The molecule has 9 heteroatoms. The highest BCUT2D eigenvalue weighted by molar-refractivity contribution is 5.96. The van der Waals surface area contributed by atoms with Crippen LogP contribution in [0, 0.1) is 0 Å². The summed E-state index contributed by atoms with van der Waals surface area (Å²) in [6.45, 7) is 0. The van der Waals surface area contributed by atoms with Gasteiger partial charge in [-0.3, -0.25) is 19.6 Å². The normalized spacial score (nSPS) is 11.0. The number of amides is 2. The Morgan fingerprint density at radius 1 is 0.778 bits per heavy atom. The number of nitrogens with one attached hydrogen (secondary N) is 2. The maximum absolute atomic E-state index is 12.0. The molecule has 2 amide bonds. The van der Waals surface area contributed by atoms with Crippen molar-refractivity contribution in [2.24, 2.45) is 10.2 Å². The number of carbonyl (C=O) groups excluding carboxylic acids is 2. The first-order chi connectivity index (χ1) is 13.2. The maximum atomic E-state index is 12.0. The Morgan fingerprint density at radius 2 is 1.26 bits per heavy atom. The predicted octanol–water partition coefficient (Wildman–Crippen LogP) is 1.60. The summed E-state index contributed by atoms with van der Waals surface area (Å²) in [6, 6.07) is 13.3. The van der Waals surface area contributed by atoms with E-state index in [1.807, 2.05) is 0 Å². The van der Waals surface area contributed by atoms with Gasteiger partial charge in [0.15, 0.2) is 11.5 Å². The molecule has 9 nitrogen and oxygen atoms in total. The van der Waals surface area contributed by atoms with Crippen molar-refractivity contribution in [1.29, 1.82) is 0 Å². The molecule has 0 bridgehead atoms. The number of aromatic nitrogens is 2. The van der Waals surface area contributed by atoms with Crippen molar-refractivity contribution in [2.75, 3.05) is 0 Å². The minimum atomic E-state index is -0.599. The largest absolute Gasteiger partial charge is 0.446 e. The molecule has 134 valence electrons. The molecule has 0 aromatic carbocycles. The minimum Gasteiger partial charge on any atom is -0.446 e. The Kier molecular flexibility index (Phi) is 5.77. The summed E-state index contributed by atoms with van der Waals surface area (Å²) < 4.78 is 5.21. The molecule has 0 aliphatic heterocycles. The van der Waals surface area contributed by atoms with Gasteiger partial charge in [-0.2, -0.15) is 10.2 Å². The quantitative estimate of drug-likeness (QED) is 0.509. The molecular weight excluding hydrogens is 348 g/mol. The number of carbonyl (C=O) groups is 2. The van der Waals surface area contributed by atoms with Crippen LogP contribution in [0.25, 0.3) is 0 Å². The molecule has 27 heavy (non-hydrogen) atoms. The lowest BCUT2D eigenvalue weighted by Crippen LogP contribution is -2.18. The van der Waals surface area contributed by atoms with E-state index in [4.69, 9.17) is 4.42 Å². The third kappa shape index (κ3) is 5.16. The molecule has 3 rings (SSSR count). The molecule has 3 heterocycles. The fraction of sp³-hybridized carbons (Fsp3) is 0. The summed E-state index contributed by atoms with van der Waals surface area (Å²) in [4.78, 5) is 32.0. The number of hydrogen-bond acceptors (Lipinski definition) is 7. The van der Waals surface area contributed by atoms with Gasteiger partial charge in [0.25, 0.3) is 0 Å². The predicted molar refractivity (Wildman–Crippen MR) is 97.3 cm³/mol. The molecule has 0 aliphatic carbocycles. The van der Waals surface area contributed by atoms with E-state index in [0.717, 1.165) is 0 Å². The molecule has 0 saturated heterocycles. The van der Waals surface area contributed by atoms with E-state index in [-0.39, 0.29) is 11.5 Å². The van der Waals surface area contributed by atoms with Crippen LogP contribution < -0.4 is 10.9 Å². The van der Waals surface area contributed by atoms with Gasteiger partial charge in [-0.15, -0.1) is 0 Å². The second-order valence-electron chi connectivity index (χ2n) is 5.07. The van der Waals surface area contributed by atoms with Gasteiger partial charge in [0.2, 0.25) is 0 Å². The molecule has 0 radical (unpaired) electrons. The standard InChI is InChI=1S/C18H14N6O3/c25-17(23-21-11-13-5-1-3-9-19-13)15-7-8-16(27-15)18(26)24-22-12-14-6-2-4-10-20-14/h1-12H,(H,23,25)(H,24,26)/b21-11+,22-12+. The number of hydrazone groups is 2. The summed E-state index contributed by atoms with van der Waals surface area (Å²) in [6.07, 6.45) is 6.00. The van der Waals surface area contributed by atoms with Crippen LogP contribution in [0.3, 0.4) is 0 Å². The molecule has 0 spiro atoms. The first-order valence-electron chi connectivity index (χ1n) is 7.81. The average molecular weight is 362 g/mol. The van der Waals surface area contributed by atoms with Crippen LogP contribution in [0.5, 0.6) is 0 Å². The zero-order valence-electron chi connectivity index (χ0n) is 13.9. The van der Waals surface area contributed by atoms with E-state index in [1.165, 1.54) is 24.6 Å². The van der Waals surface area contributed by atoms with Crippen molar-refractivity contribution < 1.29 is 14.0 Å². The third-order valence-corrected chi connectivity index (χ3v) is 3.15. The molecule has 3 aromatic rings. The molecule has 2 N–H and O–H groups in total. The van der Waals surface area contributed by atoms with Gasteiger partial charge in [0, 0.05) is 12.4 Å². The van der Waals surface area contributed by atoms with E-state index >= 15 is 0 Å². The number of nitrogens with zero attached hydrogens (tertiary/aromatic N) is 4. The maximum Gasteiger partial charge on any atom is 0.307 e. The van der Waals surface area contributed by atoms with Gasteiger partial charge < -0.3 is 4.42 Å². The molecular formula is C18H14N6O3. The van der Waals surface area contributed by atoms with Crippen LogP contribution in [0.4, 0.5) is 0 Å². The van der Waals surface area contributed by atoms with Gasteiger partial charge in [-0.25, -0.2) is 10.9 Å². The molecule has 0 saturated carbocycles. The third-order valence-electron chi connectivity index (χ3n) is 3.15. The number of hydrogen-bond donors (Lipinski definition) is 2. The minimum absolute atomic E-state index is 0.0629. The summed E-state index contributed by atoms with van der Waals surface area (Å²) in [5, 5.41) is 7.55. The second-order valence-corrected chi connectivity index (χ2v) is 5.07. The molecule has 0 atom stereocenters. The molecule has 0 aliphatic rings. The van der Waals surface area contributed by atoms with Crippen molar-refractivity contribution in [1.82, 2.24) is 20.8 Å². The van der Waals surface area contributed by atoms with Crippen molar-refractivity contribution in [3.05, 3.63) is 83.8 Å². The van der Waals surface area contributed by atoms with E-state index in [1.54, 1.807) is 48.8 Å². The summed E-state index contributed by atoms with van der Waals surface area (Å²) in [7, 11) is 0. The van der Waals surface area contributed by atoms with Crippen LogP contribution in [0.2, 0.25) is 0 Å². The van der Waals surface area contributed by atoms with Crippen LogP contribution in [0.1, 0.15) is 32.5 Å². The lowest BCUT2D eigenvalue weighted by Gasteiger charge is -1.97. The zero-order chi connectivity index (χ0) is 18.9. The van der Waals surface area contributed by atoms with Gasteiger partial charge >= 0.3 is 11.8 Å². The van der Waals surface area contributed by atoms with Crippen LogP contribution in [-0.2, 0) is 0 Å². The molecule has 0 fully saturated rings. The zero-order valence-corrected chi connectivity index (χ0v) is 13.9. The van der Waals surface area contributed by atoms with Crippen molar-refractivity contribution in [3.63, 3.8) is 0 Å². The van der Waals surface area contributed by atoms with Gasteiger partial charge in [-0.1, -0.05) is 12.1 Å². The van der Waals surface area contributed by atoms with E-state index in [0.29, 0.717) is 11.4 Å². The Morgan fingerprint density at radius 3 is 1.67 bits per heavy atom. The van der Waals surface area contributed by atoms with Gasteiger partial charge in [0.1, 0.15) is 0 Å². The highest BCUT2D eigenvalue weighted by Crippen LogP contribution is 2.07. The van der Waals surface area contributed by atoms with E-state index in [2.05, 4.69) is 31.0 Å². The van der Waals surface area contributed by atoms with E-state index in [9.17, 15) is 9.59 Å². The smallest absolute Gasteiger partial charge is 0.307 e. The SMILES string of the molecule is O=C(N/N=C/c1ccccn1)c1ccc(C(=O)N/N=C/c2ccccn2)o1. The monoisotopic (exact) mass is 362 g/mol. The first-order valence-corrected chi connectivity index (χ1v) is 7.81. The summed E-state index contributed by atoms with van der Waals surface area (Å²) in [5.41, 5.74) is 5.76. The van der Waals surface area contributed by atoms with Crippen molar-refractivity contribution in [3.8, 4) is 0 Å². The van der Waals surface area contributed by atoms with Crippen molar-refractivity contribution in [2.45, 2.75) is 0 Å². The number of furan rings is 1. The summed E-state index contributed by atoms with van der Waals surface area (Å²) in [5.74, 6) is -1.32. The number of rotatable bonds is 6. The van der Waals surface area contributed by atoms with Crippen LogP contribution in [0.15, 0.2) is 75.5 Å². The Labute approximate surface area is 153 Å². The Hall–Kier alpha value is -4.14. The number of pyridine rings is 2. The highest BCUT2D eigenvalue weighted by atomic mass is 16.4. The van der Waals surface area contributed by atoms with Crippen molar-refractivity contribution >= 4 is 24.2 Å². The fourth-order valence-electron chi connectivity index (χ4n) is 1.91. The van der Waals surface area contributed by atoms with E-state index < -0.39 is 11.8 Å². The van der Waals surface area contributed by atoms with Gasteiger partial charge in [-0.05, 0) is 36.4 Å². The van der Waals surface area contributed by atoms with Crippen LogP contribution in [-0.4, -0.2) is 34.2 Å². The van der Waals surface area contributed by atoms with Gasteiger partial charge in [0.05, 0.1) is 23.8 Å². The lowest BCUT2D eigenvalue weighted by molar-refractivity contribution is 0.0902. The fourth-order valence-corrected chi connectivity index (χ4v) is 1.91. The summed E-state index contributed by atoms with van der Waals surface area (Å²) >= 11 is 0. The second kappa shape index (κ2) is 8.81. The highest BCUT2D eigenvalue weighted by Gasteiger charge is 2.15. The Bertz CT molecular complexity index is 889.